The van der Waals surface area contributed by atoms with Crippen LogP contribution in [0.25, 0.3) is 0 Å². The number of ether oxygens (including phenoxy) is 1. The highest BCUT2D eigenvalue weighted by Gasteiger charge is 2.23. The van der Waals surface area contributed by atoms with Gasteiger partial charge in [-0.15, -0.1) is 0 Å². The SMILES string of the molecule is CCCNC(C)CC(C)(C)c1ccc(OCCC)cc1. The van der Waals surface area contributed by atoms with E-state index in [1.807, 2.05) is 0 Å². The molecule has 0 aromatic heterocycles. The molecule has 2 heteroatoms. The summed E-state index contributed by atoms with van der Waals surface area (Å²) in [5.41, 5.74) is 1.56. The summed E-state index contributed by atoms with van der Waals surface area (Å²) in [5.74, 6) is 0.976. The Balaban J connectivity index is 2.62. The van der Waals surface area contributed by atoms with Crippen LogP contribution in [0.1, 0.15) is 59.4 Å². The van der Waals surface area contributed by atoms with Crippen molar-refractivity contribution < 1.29 is 4.74 Å². The first-order chi connectivity index (χ1) is 9.49. The zero-order valence-corrected chi connectivity index (χ0v) is 13.8. The van der Waals surface area contributed by atoms with Gasteiger partial charge in [-0.05, 0) is 55.8 Å². The number of nitrogens with one attached hydrogen (secondary N) is 1. The molecule has 0 fully saturated rings. The topological polar surface area (TPSA) is 21.3 Å². The third-order valence-electron chi connectivity index (χ3n) is 3.67. The normalized spacial score (nSPS) is 13.2. The lowest BCUT2D eigenvalue weighted by molar-refractivity contribution is 0.317. The van der Waals surface area contributed by atoms with Gasteiger partial charge in [-0.25, -0.2) is 0 Å². The van der Waals surface area contributed by atoms with E-state index < -0.39 is 0 Å². The van der Waals surface area contributed by atoms with Gasteiger partial charge in [0.05, 0.1) is 6.61 Å². The van der Waals surface area contributed by atoms with Gasteiger partial charge in [0.15, 0.2) is 0 Å². The fourth-order valence-corrected chi connectivity index (χ4v) is 2.57. The van der Waals surface area contributed by atoms with Crippen LogP contribution in [-0.4, -0.2) is 19.2 Å². The Bertz CT molecular complexity index is 370. The van der Waals surface area contributed by atoms with Crippen molar-refractivity contribution in [2.45, 2.75) is 65.3 Å². The molecule has 114 valence electrons. The summed E-state index contributed by atoms with van der Waals surface area (Å²) >= 11 is 0. The molecule has 0 aliphatic rings. The fraction of sp³-hybridized carbons (Fsp3) is 0.667. The van der Waals surface area contributed by atoms with E-state index in [2.05, 4.69) is 64.2 Å². The Kier molecular flexibility index (Phi) is 7.08. The van der Waals surface area contributed by atoms with Gasteiger partial charge in [-0.1, -0.05) is 39.8 Å². The monoisotopic (exact) mass is 277 g/mol. The number of hydrogen-bond donors (Lipinski definition) is 1. The third kappa shape index (κ3) is 5.54. The number of benzene rings is 1. The smallest absolute Gasteiger partial charge is 0.119 e. The average molecular weight is 277 g/mol. The highest BCUT2D eigenvalue weighted by Crippen LogP contribution is 2.29. The summed E-state index contributed by atoms with van der Waals surface area (Å²) in [5, 5.41) is 3.57. The van der Waals surface area contributed by atoms with Crippen LogP contribution in [0.3, 0.4) is 0 Å². The van der Waals surface area contributed by atoms with Crippen molar-refractivity contribution in [2.75, 3.05) is 13.2 Å². The van der Waals surface area contributed by atoms with Crippen LogP contribution in [0.5, 0.6) is 5.75 Å². The van der Waals surface area contributed by atoms with E-state index in [0.29, 0.717) is 6.04 Å². The second-order valence-electron chi connectivity index (χ2n) is 6.32. The molecular formula is C18H31NO. The second-order valence-corrected chi connectivity index (χ2v) is 6.32. The van der Waals surface area contributed by atoms with Crippen molar-refractivity contribution in [3.05, 3.63) is 29.8 Å². The molecule has 0 heterocycles. The van der Waals surface area contributed by atoms with Crippen molar-refractivity contribution in [3.8, 4) is 5.75 Å². The average Bonchev–Trinajstić information content (AvgIpc) is 2.43. The Morgan fingerprint density at radius 3 is 2.30 bits per heavy atom. The number of hydrogen-bond acceptors (Lipinski definition) is 2. The minimum atomic E-state index is 0.184. The van der Waals surface area contributed by atoms with Gasteiger partial charge < -0.3 is 10.1 Å². The summed E-state index contributed by atoms with van der Waals surface area (Å²) in [4.78, 5) is 0. The molecule has 2 nitrogen and oxygen atoms in total. The van der Waals surface area contributed by atoms with Crippen molar-refractivity contribution in [3.63, 3.8) is 0 Å². The van der Waals surface area contributed by atoms with E-state index in [1.54, 1.807) is 0 Å². The standard InChI is InChI=1S/C18H31NO/c1-6-12-19-15(3)14-18(4,5)16-8-10-17(11-9-16)20-13-7-2/h8-11,15,19H,6-7,12-14H2,1-5H3. The maximum atomic E-state index is 5.64. The van der Waals surface area contributed by atoms with E-state index in [4.69, 9.17) is 4.74 Å². The van der Waals surface area contributed by atoms with Gasteiger partial charge in [-0.2, -0.15) is 0 Å². The van der Waals surface area contributed by atoms with Gasteiger partial charge in [0.1, 0.15) is 5.75 Å². The van der Waals surface area contributed by atoms with Crippen molar-refractivity contribution in [1.82, 2.24) is 5.32 Å². The first kappa shape index (κ1) is 17.0. The van der Waals surface area contributed by atoms with Gasteiger partial charge in [0.25, 0.3) is 0 Å². The Hall–Kier alpha value is -1.02. The van der Waals surface area contributed by atoms with Crippen LogP contribution in [0.2, 0.25) is 0 Å². The summed E-state index contributed by atoms with van der Waals surface area (Å²) in [7, 11) is 0. The molecule has 0 bridgehead atoms. The fourth-order valence-electron chi connectivity index (χ4n) is 2.57. The van der Waals surface area contributed by atoms with Gasteiger partial charge in [-0.3, -0.25) is 0 Å². The highest BCUT2D eigenvalue weighted by atomic mass is 16.5. The minimum Gasteiger partial charge on any atom is -0.494 e. The van der Waals surface area contributed by atoms with E-state index in [9.17, 15) is 0 Å². The number of rotatable bonds is 9. The van der Waals surface area contributed by atoms with E-state index in [1.165, 1.54) is 12.0 Å². The van der Waals surface area contributed by atoms with Crippen molar-refractivity contribution in [1.29, 1.82) is 0 Å². The molecule has 1 rings (SSSR count). The first-order valence-corrected chi connectivity index (χ1v) is 7.96. The van der Waals surface area contributed by atoms with E-state index >= 15 is 0 Å². The molecule has 0 amide bonds. The molecule has 1 N–H and O–H groups in total. The van der Waals surface area contributed by atoms with Gasteiger partial charge in [0, 0.05) is 6.04 Å². The maximum Gasteiger partial charge on any atom is 0.119 e. The lowest BCUT2D eigenvalue weighted by atomic mass is 9.79. The summed E-state index contributed by atoms with van der Waals surface area (Å²) in [6.07, 6.45) is 3.38. The lowest BCUT2D eigenvalue weighted by Gasteiger charge is -2.29. The molecule has 1 aromatic carbocycles. The predicted octanol–water partition coefficient (Wildman–Crippen LogP) is 4.53. The van der Waals surface area contributed by atoms with Crippen LogP contribution < -0.4 is 10.1 Å². The zero-order chi connectivity index (χ0) is 15.0. The van der Waals surface area contributed by atoms with Crippen LogP contribution in [0.4, 0.5) is 0 Å². The maximum absolute atomic E-state index is 5.64. The second kappa shape index (κ2) is 8.31. The Labute approximate surface area is 124 Å². The van der Waals surface area contributed by atoms with Crippen LogP contribution in [-0.2, 0) is 5.41 Å². The lowest BCUT2D eigenvalue weighted by Crippen LogP contribution is -2.33. The van der Waals surface area contributed by atoms with E-state index in [-0.39, 0.29) is 5.41 Å². The summed E-state index contributed by atoms with van der Waals surface area (Å²) in [6.45, 7) is 13.1. The third-order valence-corrected chi connectivity index (χ3v) is 3.67. The summed E-state index contributed by atoms with van der Waals surface area (Å²) in [6, 6.07) is 9.14. The zero-order valence-electron chi connectivity index (χ0n) is 13.8. The summed E-state index contributed by atoms with van der Waals surface area (Å²) < 4.78 is 5.64. The van der Waals surface area contributed by atoms with Crippen molar-refractivity contribution >= 4 is 0 Å². The van der Waals surface area contributed by atoms with Gasteiger partial charge >= 0.3 is 0 Å². The molecule has 0 aliphatic carbocycles. The van der Waals surface area contributed by atoms with Gasteiger partial charge in [0.2, 0.25) is 0 Å². The molecule has 1 aromatic rings. The van der Waals surface area contributed by atoms with E-state index in [0.717, 1.165) is 31.7 Å². The molecule has 0 aliphatic heterocycles. The molecular weight excluding hydrogens is 246 g/mol. The molecule has 0 saturated carbocycles. The molecule has 1 atom stereocenters. The Morgan fingerprint density at radius 1 is 1.10 bits per heavy atom. The molecule has 0 spiro atoms. The quantitative estimate of drug-likeness (QED) is 0.716. The van der Waals surface area contributed by atoms with Crippen LogP contribution in [0.15, 0.2) is 24.3 Å². The first-order valence-electron chi connectivity index (χ1n) is 7.96. The largest absolute Gasteiger partial charge is 0.494 e. The molecule has 0 saturated heterocycles. The highest BCUT2D eigenvalue weighted by molar-refractivity contribution is 5.31. The Morgan fingerprint density at radius 2 is 1.75 bits per heavy atom. The van der Waals surface area contributed by atoms with Crippen LogP contribution >= 0.6 is 0 Å². The van der Waals surface area contributed by atoms with Crippen molar-refractivity contribution in [2.24, 2.45) is 0 Å². The predicted molar refractivity (Wildman–Crippen MR) is 87.6 cm³/mol. The van der Waals surface area contributed by atoms with Crippen LogP contribution in [0, 0.1) is 0 Å². The minimum absolute atomic E-state index is 0.184. The molecule has 0 radical (unpaired) electrons. The molecule has 1 unspecified atom stereocenters. The molecule has 20 heavy (non-hydrogen) atoms.